The molecular weight excluding hydrogens is 270 g/mol. The zero-order chi connectivity index (χ0) is 14.7. The summed E-state index contributed by atoms with van der Waals surface area (Å²) in [5.41, 5.74) is 0.791. The molecule has 1 aliphatic rings. The number of nitrogens with zero attached hydrogens (tertiary/aromatic N) is 2. The van der Waals surface area contributed by atoms with E-state index < -0.39 is 5.97 Å². The van der Waals surface area contributed by atoms with Crippen molar-refractivity contribution < 1.29 is 14.3 Å². The normalized spacial score (nSPS) is 16.0. The molecule has 0 aliphatic carbocycles. The van der Waals surface area contributed by atoms with Crippen LogP contribution in [0, 0.1) is 0 Å². The van der Waals surface area contributed by atoms with Crippen molar-refractivity contribution in [3.8, 4) is 11.5 Å². The van der Waals surface area contributed by atoms with Gasteiger partial charge in [-0.05, 0) is 12.1 Å². The molecule has 2 N–H and O–H groups in total. The van der Waals surface area contributed by atoms with E-state index in [0.29, 0.717) is 18.2 Å². The van der Waals surface area contributed by atoms with Gasteiger partial charge in [0.1, 0.15) is 0 Å². The van der Waals surface area contributed by atoms with E-state index in [1.54, 1.807) is 0 Å². The lowest BCUT2D eigenvalue weighted by Crippen LogP contribution is -2.43. The second kappa shape index (κ2) is 6.07. The van der Waals surface area contributed by atoms with Crippen LogP contribution < -0.4 is 5.32 Å². The van der Waals surface area contributed by atoms with Gasteiger partial charge >= 0.3 is 5.97 Å². The zero-order valence-corrected chi connectivity index (χ0v) is 11.6. The van der Waals surface area contributed by atoms with Crippen molar-refractivity contribution in [3.63, 3.8) is 0 Å². The molecule has 1 fully saturated rings. The number of nitrogens with one attached hydrogen (secondary N) is 1. The highest BCUT2D eigenvalue weighted by atomic mass is 16.4. The van der Waals surface area contributed by atoms with E-state index in [2.05, 4.69) is 15.2 Å². The van der Waals surface area contributed by atoms with Crippen LogP contribution in [0.2, 0.25) is 0 Å². The number of carboxylic acids is 1. The predicted molar refractivity (Wildman–Crippen MR) is 77.0 cm³/mol. The van der Waals surface area contributed by atoms with E-state index in [1.807, 2.05) is 30.3 Å². The fourth-order valence-electron chi connectivity index (χ4n) is 2.40. The lowest BCUT2D eigenvalue weighted by atomic mass is 10.2. The standard InChI is InChI=1S/C15H17N3O3/c19-15(20)13-12(10-18-8-6-16-7-9-18)21-14(17-13)11-4-2-1-3-5-11/h1-5,16H,6-10H2,(H,19,20). The summed E-state index contributed by atoms with van der Waals surface area (Å²) in [4.78, 5) is 17.7. The minimum atomic E-state index is -1.05. The van der Waals surface area contributed by atoms with E-state index in [-0.39, 0.29) is 5.69 Å². The van der Waals surface area contributed by atoms with Crippen LogP contribution in [-0.2, 0) is 6.54 Å². The van der Waals surface area contributed by atoms with Gasteiger partial charge in [0.05, 0.1) is 6.54 Å². The Bertz CT molecular complexity index is 618. The first-order valence-electron chi connectivity index (χ1n) is 6.95. The van der Waals surface area contributed by atoms with Crippen LogP contribution >= 0.6 is 0 Å². The Morgan fingerprint density at radius 2 is 2.00 bits per heavy atom. The van der Waals surface area contributed by atoms with Gasteiger partial charge in [-0.3, -0.25) is 4.90 Å². The molecule has 6 nitrogen and oxygen atoms in total. The highest BCUT2D eigenvalue weighted by molar-refractivity contribution is 5.87. The van der Waals surface area contributed by atoms with Crippen molar-refractivity contribution in [1.82, 2.24) is 15.2 Å². The lowest BCUT2D eigenvalue weighted by Gasteiger charge is -2.26. The quantitative estimate of drug-likeness (QED) is 0.886. The third kappa shape index (κ3) is 3.12. The zero-order valence-electron chi connectivity index (χ0n) is 11.6. The summed E-state index contributed by atoms with van der Waals surface area (Å²) in [6.45, 7) is 4.04. The first-order valence-corrected chi connectivity index (χ1v) is 6.95. The second-order valence-corrected chi connectivity index (χ2v) is 4.99. The number of oxazole rings is 1. The number of benzene rings is 1. The van der Waals surface area contributed by atoms with Crippen LogP contribution in [0.5, 0.6) is 0 Å². The SMILES string of the molecule is O=C(O)c1nc(-c2ccccc2)oc1CN1CCNCC1. The third-order valence-electron chi connectivity index (χ3n) is 3.50. The second-order valence-electron chi connectivity index (χ2n) is 4.99. The van der Waals surface area contributed by atoms with Gasteiger partial charge in [0.2, 0.25) is 5.89 Å². The van der Waals surface area contributed by atoms with Gasteiger partial charge < -0.3 is 14.8 Å². The van der Waals surface area contributed by atoms with Crippen molar-refractivity contribution in [2.24, 2.45) is 0 Å². The monoisotopic (exact) mass is 287 g/mol. The minimum absolute atomic E-state index is 0.00684. The molecule has 0 bridgehead atoms. The van der Waals surface area contributed by atoms with Crippen LogP contribution in [-0.4, -0.2) is 47.1 Å². The third-order valence-corrected chi connectivity index (χ3v) is 3.50. The molecule has 110 valence electrons. The summed E-state index contributed by atoms with van der Waals surface area (Å²) in [5.74, 6) is -0.271. The van der Waals surface area contributed by atoms with Crippen molar-refractivity contribution in [3.05, 3.63) is 41.8 Å². The van der Waals surface area contributed by atoms with Gasteiger partial charge in [0.25, 0.3) is 0 Å². The molecule has 0 atom stereocenters. The maximum absolute atomic E-state index is 11.4. The Labute approximate surface area is 122 Å². The minimum Gasteiger partial charge on any atom is -0.476 e. The van der Waals surface area contributed by atoms with Gasteiger partial charge in [-0.2, -0.15) is 0 Å². The van der Waals surface area contributed by atoms with Crippen LogP contribution in [0.3, 0.4) is 0 Å². The van der Waals surface area contributed by atoms with E-state index >= 15 is 0 Å². The number of carbonyl (C=O) groups is 1. The molecule has 0 spiro atoms. The van der Waals surface area contributed by atoms with E-state index in [9.17, 15) is 9.90 Å². The molecule has 1 saturated heterocycles. The number of aromatic carboxylic acids is 1. The van der Waals surface area contributed by atoms with Gasteiger partial charge in [0, 0.05) is 31.7 Å². The molecule has 0 saturated carbocycles. The molecule has 1 aromatic carbocycles. The summed E-state index contributed by atoms with van der Waals surface area (Å²) in [7, 11) is 0. The van der Waals surface area contributed by atoms with Crippen molar-refractivity contribution in [2.75, 3.05) is 26.2 Å². The van der Waals surface area contributed by atoms with Crippen molar-refractivity contribution in [2.45, 2.75) is 6.54 Å². The summed E-state index contributed by atoms with van der Waals surface area (Å²) in [6, 6.07) is 9.34. The summed E-state index contributed by atoms with van der Waals surface area (Å²) < 4.78 is 5.71. The molecule has 0 amide bonds. The number of hydrogen-bond donors (Lipinski definition) is 2. The average molecular weight is 287 g/mol. The maximum atomic E-state index is 11.4. The Morgan fingerprint density at radius 1 is 1.29 bits per heavy atom. The Kier molecular flexibility index (Phi) is 3.98. The van der Waals surface area contributed by atoms with Gasteiger partial charge in [-0.25, -0.2) is 9.78 Å². The molecule has 2 heterocycles. The molecule has 0 unspecified atom stereocenters. The predicted octanol–water partition coefficient (Wildman–Crippen LogP) is 1.44. The van der Waals surface area contributed by atoms with E-state index in [0.717, 1.165) is 31.7 Å². The van der Waals surface area contributed by atoms with Gasteiger partial charge in [0.15, 0.2) is 11.5 Å². The molecule has 1 aromatic heterocycles. The number of aromatic nitrogens is 1. The van der Waals surface area contributed by atoms with Crippen molar-refractivity contribution in [1.29, 1.82) is 0 Å². The fraction of sp³-hybridized carbons (Fsp3) is 0.333. The Hall–Kier alpha value is -2.18. The lowest BCUT2D eigenvalue weighted by molar-refractivity contribution is 0.0686. The highest BCUT2D eigenvalue weighted by Gasteiger charge is 2.22. The van der Waals surface area contributed by atoms with Crippen LogP contribution in [0.15, 0.2) is 34.7 Å². The molecule has 6 heteroatoms. The number of hydrogen-bond acceptors (Lipinski definition) is 5. The molecule has 3 rings (SSSR count). The highest BCUT2D eigenvalue weighted by Crippen LogP contribution is 2.23. The largest absolute Gasteiger partial charge is 0.476 e. The first kappa shape index (κ1) is 13.8. The number of piperazine rings is 1. The van der Waals surface area contributed by atoms with E-state index in [4.69, 9.17) is 4.42 Å². The Morgan fingerprint density at radius 3 is 2.67 bits per heavy atom. The average Bonchev–Trinajstić information content (AvgIpc) is 2.93. The smallest absolute Gasteiger partial charge is 0.358 e. The molecule has 21 heavy (non-hydrogen) atoms. The molecule has 0 radical (unpaired) electrons. The van der Waals surface area contributed by atoms with Gasteiger partial charge in [-0.1, -0.05) is 18.2 Å². The maximum Gasteiger partial charge on any atom is 0.358 e. The molecule has 1 aliphatic heterocycles. The fourth-order valence-corrected chi connectivity index (χ4v) is 2.40. The topological polar surface area (TPSA) is 78.6 Å². The first-order chi connectivity index (χ1) is 10.2. The summed E-state index contributed by atoms with van der Waals surface area (Å²) in [5, 5.41) is 12.6. The van der Waals surface area contributed by atoms with E-state index in [1.165, 1.54) is 0 Å². The van der Waals surface area contributed by atoms with Crippen LogP contribution in [0.25, 0.3) is 11.5 Å². The molecular formula is C15H17N3O3. The van der Waals surface area contributed by atoms with Crippen LogP contribution in [0.1, 0.15) is 16.2 Å². The summed E-state index contributed by atoms with van der Waals surface area (Å²) >= 11 is 0. The Balaban J connectivity index is 1.88. The van der Waals surface area contributed by atoms with Crippen LogP contribution in [0.4, 0.5) is 0 Å². The summed E-state index contributed by atoms with van der Waals surface area (Å²) in [6.07, 6.45) is 0. The number of carboxylic acid groups (broad SMARTS) is 1. The van der Waals surface area contributed by atoms with Gasteiger partial charge in [-0.15, -0.1) is 0 Å². The van der Waals surface area contributed by atoms with Crippen molar-refractivity contribution >= 4 is 5.97 Å². The number of rotatable bonds is 4. The molecule has 2 aromatic rings.